The van der Waals surface area contributed by atoms with Gasteiger partial charge in [0, 0.05) is 6.54 Å². The summed E-state index contributed by atoms with van der Waals surface area (Å²) in [5.41, 5.74) is 1.09. The molecule has 0 amide bonds. The summed E-state index contributed by atoms with van der Waals surface area (Å²) >= 11 is 6.18. The largest absolute Gasteiger partial charge is 0.312 e. The van der Waals surface area contributed by atoms with Crippen molar-refractivity contribution in [3.8, 4) is 0 Å². The lowest BCUT2D eigenvalue weighted by molar-refractivity contribution is 0.360. The minimum Gasteiger partial charge on any atom is -0.312 e. The second kappa shape index (κ2) is 6.23. The average Bonchev–Trinajstić information content (AvgIpc) is 2.61. The van der Waals surface area contributed by atoms with Crippen molar-refractivity contribution in [3.05, 3.63) is 16.9 Å². The van der Waals surface area contributed by atoms with Gasteiger partial charge in [0.05, 0.1) is 23.0 Å². The van der Waals surface area contributed by atoms with E-state index in [1.165, 1.54) is 0 Å². The van der Waals surface area contributed by atoms with Crippen molar-refractivity contribution >= 4 is 11.6 Å². The van der Waals surface area contributed by atoms with E-state index in [0.717, 1.165) is 30.2 Å². The summed E-state index contributed by atoms with van der Waals surface area (Å²) in [6.07, 6.45) is 2.75. The number of aromatic nitrogens is 2. The molecule has 0 aromatic carbocycles. The average molecular weight is 245 g/mol. The Morgan fingerprint density at radius 3 is 2.75 bits per heavy atom. The van der Waals surface area contributed by atoms with Gasteiger partial charge in [-0.25, -0.2) is 0 Å². The summed E-state index contributed by atoms with van der Waals surface area (Å²) in [5.74, 6) is 0. The van der Waals surface area contributed by atoms with Crippen molar-refractivity contribution in [2.75, 3.05) is 27.7 Å². The van der Waals surface area contributed by atoms with Gasteiger partial charge >= 0.3 is 0 Å². The third kappa shape index (κ3) is 3.20. The lowest BCUT2D eigenvalue weighted by Gasteiger charge is -2.20. The van der Waals surface area contributed by atoms with E-state index >= 15 is 0 Å². The molecule has 92 valence electrons. The van der Waals surface area contributed by atoms with Gasteiger partial charge in [0.2, 0.25) is 0 Å². The first-order chi connectivity index (χ1) is 7.60. The van der Waals surface area contributed by atoms with Crippen LogP contribution < -0.4 is 5.32 Å². The first-order valence-electron chi connectivity index (χ1n) is 5.63. The second-order valence-electron chi connectivity index (χ2n) is 4.13. The Bertz CT molecular complexity index is 322. The monoisotopic (exact) mass is 244 g/mol. The van der Waals surface area contributed by atoms with Gasteiger partial charge in [0.1, 0.15) is 0 Å². The van der Waals surface area contributed by atoms with Gasteiger partial charge in [0.15, 0.2) is 0 Å². The number of nitrogens with zero attached hydrogens (tertiary/aromatic N) is 3. The van der Waals surface area contributed by atoms with Crippen LogP contribution in [0.2, 0.25) is 5.02 Å². The molecule has 0 bridgehead atoms. The Balaban J connectivity index is 2.81. The third-order valence-electron chi connectivity index (χ3n) is 2.68. The fraction of sp³-hybridized carbons (Fsp3) is 0.727. The van der Waals surface area contributed by atoms with E-state index in [1.54, 1.807) is 6.20 Å². The topological polar surface area (TPSA) is 33.1 Å². The van der Waals surface area contributed by atoms with E-state index < -0.39 is 0 Å². The van der Waals surface area contributed by atoms with Crippen LogP contribution in [0.5, 0.6) is 0 Å². The van der Waals surface area contributed by atoms with Crippen molar-refractivity contribution in [2.24, 2.45) is 0 Å². The molecule has 1 aromatic rings. The standard InChI is InChI=1S/C11H21ClN4/c1-5-16-11(9(12)8-14-16)10(13-2)6-7-15(3)4/h8,10,13H,5-7H2,1-4H3. The smallest absolute Gasteiger partial charge is 0.0834 e. The Labute approximate surface area is 103 Å². The summed E-state index contributed by atoms with van der Waals surface area (Å²) in [5, 5.41) is 8.31. The van der Waals surface area contributed by atoms with Gasteiger partial charge in [0.25, 0.3) is 0 Å². The number of hydrogen-bond donors (Lipinski definition) is 1. The van der Waals surface area contributed by atoms with Crippen LogP contribution in [0, 0.1) is 0 Å². The van der Waals surface area contributed by atoms with Gasteiger partial charge < -0.3 is 10.2 Å². The zero-order valence-corrected chi connectivity index (χ0v) is 11.3. The molecule has 0 aliphatic carbocycles. The summed E-state index contributed by atoms with van der Waals surface area (Å²) < 4.78 is 1.96. The zero-order chi connectivity index (χ0) is 12.1. The SMILES string of the molecule is CCn1ncc(Cl)c1C(CCN(C)C)NC. The Morgan fingerprint density at radius 2 is 2.25 bits per heavy atom. The van der Waals surface area contributed by atoms with Crippen molar-refractivity contribution in [1.82, 2.24) is 20.0 Å². The lowest BCUT2D eigenvalue weighted by Crippen LogP contribution is -2.25. The van der Waals surface area contributed by atoms with Crippen LogP contribution in [0.15, 0.2) is 6.20 Å². The fourth-order valence-corrected chi connectivity index (χ4v) is 2.05. The van der Waals surface area contributed by atoms with Crippen molar-refractivity contribution in [3.63, 3.8) is 0 Å². The minimum atomic E-state index is 0.261. The molecule has 5 heteroatoms. The van der Waals surface area contributed by atoms with Crippen LogP contribution in [-0.4, -0.2) is 42.4 Å². The van der Waals surface area contributed by atoms with Gasteiger partial charge in [-0.1, -0.05) is 11.6 Å². The maximum absolute atomic E-state index is 6.18. The van der Waals surface area contributed by atoms with Crippen molar-refractivity contribution in [1.29, 1.82) is 0 Å². The van der Waals surface area contributed by atoms with Crippen LogP contribution in [0.4, 0.5) is 0 Å². The highest BCUT2D eigenvalue weighted by atomic mass is 35.5. The predicted molar refractivity (Wildman–Crippen MR) is 67.9 cm³/mol. The molecule has 0 spiro atoms. The van der Waals surface area contributed by atoms with E-state index in [2.05, 4.69) is 36.3 Å². The van der Waals surface area contributed by atoms with Gasteiger partial charge in [-0.2, -0.15) is 5.10 Å². The van der Waals surface area contributed by atoms with E-state index in [4.69, 9.17) is 11.6 Å². The predicted octanol–water partition coefficient (Wildman–Crippen LogP) is 1.77. The molecular formula is C11H21ClN4. The first kappa shape index (κ1) is 13.5. The van der Waals surface area contributed by atoms with Crippen LogP contribution >= 0.6 is 11.6 Å². The molecule has 0 aliphatic rings. The lowest BCUT2D eigenvalue weighted by atomic mass is 10.1. The number of rotatable bonds is 6. The number of halogens is 1. The quantitative estimate of drug-likeness (QED) is 0.828. The fourth-order valence-electron chi connectivity index (χ4n) is 1.78. The van der Waals surface area contributed by atoms with Crippen molar-refractivity contribution in [2.45, 2.75) is 25.9 Å². The highest BCUT2D eigenvalue weighted by molar-refractivity contribution is 6.31. The molecule has 1 atom stereocenters. The molecule has 1 heterocycles. The van der Waals surface area contributed by atoms with Crippen LogP contribution in [0.25, 0.3) is 0 Å². The summed E-state index contributed by atoms with van der Waals surface area (Å²) in [4.78, 5) is 2.17. The molecular weight excluding hydrogens is 224 g/mol. The van der Waals surface area contributed by atoms with Crippen LogP contribution in [0.3, 0.4) is 0 Å². The first-order valence-corrected chi connectivity index (χ1v) is 6.01. The number of nitrogens with one attached hydrogen (secondary N) is 1. The molecule has 1 N–H and O–H groups in total. The summed E-state index contributed by atoms with van der Waals surface area (Å²) in [6, 6.07) is 0.261. The number of aryl methyl sites for hydroxylation is 1. The van der Waals surface area contributed by atoms with Gasteiger partial charge in [-0.3, -0.25) is 4.68 Å². The number of hydrogen-bond acceptors (Lipinski definition) is 3. The maximum Gasteiger partial charge on any atom is 0.0834 e. The second-order valence-corrected chi connectivity index (χ2v) is 4.53. The highest BCUT2D eigenvalue weighted by Gasteiger charge is 2.18. The van der Waals surface area contributed by atoms with Gasteiger partial charge in [-0.05, 0) is 41.0 Å². The summed E-state index contributed by atoms with van der Waals surface area (Å²) in [6.45, 7) is 3.95. The maximum atomic E-state index is 6.18. The zero-order valence-electron chi connectivity index (χ0n) is 10.5. The third-order valence-corrected chi connectivity index (χ3v) is 2.97. The molecule has 1 rings (SSSR count). The Kier molecular flexibility index (Phi) is 5.25. The molecule has 0 saturated carbocycles. The van der Waals surface area contributed by atoms with Crippen molar-refractivity contribution < 1.29 is 0 Å². The molecule has 16 heavy (non-hydrogen) atoms. The van der Waals surface area contributed by atoms with Crippen LogP contribution in [0.1, 0.15) is 25.1 Å². The minimum absolute atomic E-state index is 0.261. The van der Waals surface area contributed by atoms with E-state index in [1.807, 2.05) is 11.7 Å². The van der Waals surface area contributed by atoms with E-state index in [9.17, 15) is 0 Å². The molecule has 1 aromatic heterocycles. The molecule has 0 saturated heterocycles. The normalized spacial score (nSPS) is 13.4. The Morgan fingerprint density at radius 1 is 1.56 bits per heavy atom. The van der Waals surface area contributed by atoms with Gasteiger partial charge in [-0.15, -0.1) is 0 Å². The molecule has 4 nitrogen and oxygen atoms in total. The summed E-state index contributed by atoms with van der Waals surface area (Å²) in [7, 11) is 6.11. The van der Waals surface area contributed by atoms with E-state index in [-0.39, 0.29) is 6.04 Å². The Hall–Kier alpha value is -0.580. The molecule has 0 radical (unpaired) electrons. The molecule has 1 unspecified atom stereocenters. The molecule has 0 aliphatic heterocycles. The molecule has 0 fully saturated rings. The van der Waals surface area contributed by atoms with Crippen LogP contribution in [-0.2, 0) is 6.54 Å². The highest BCUT2D eigenvalue weighted by Crippen LogP contribution is 2.24. The van der Waals surface area contributed by atoms with E-state index in [0.29, 0.717) is 0 Å².